The Balaban J connectivity index is 2.08. The molecule has 0 aliphatic heterocycles. The van der Waals surface area contributed by atoms with Gasteiger partial charge >= 0.3 is 0 Å². The third-order valence-electron chi connectivity index (χ3n) is 2.54. The van der Waals surface area contributed by atoms with Crippen LogP contribution in [0.25, 0.3) is 0 Å². The van der Waals surface area contributed by atoms with Crippen LogP contribution in [0.5, 0.6) is 0 Å². The molecule has 0 saturated heterocycles. The predicted molar refractivity (Wildman–Crippen MR) is 90.0 cm³/mol. The van der Waals surface area contributed by atoms with Gasteiger partial charge in [0.25, 0.3) is 0 Å². The highest BCUT2D eigenvalue weighted by Gasteiger charge is 2.07. The van der Waals surface area contributed by atoms with Gasteiger partial charge in [0, 0.05) is 38.6 Å². The summed E-state index contributed by atoms with van der Waals surface area (Å²) in [6, 6.07) is 9.71. The molecule has 0 spiro atoms. The van der Waals surface area contributed by atoms with Gasteiger partial charge in [0.15, 0.2) is 5.78 Å². The minimum absolute atomic E-state index is 0.239. The largest absolute Gasteiger partial charge is 0.361 e. The molecule has 0 radical (unpaired) electrons. The van der Waals surface area contributed by atoms with E-state index in [-0.39, 0.29) is 5.78 Å². The molecule has 0 aromatic heterocycles. The summed E-state index contributed by atoms with van der Waals surface area (Å²) in [5.41, 5.74) is 1.06. The fourth-order valence-electron chi connectivity index (χ4n) is 1.63. The molecule has 0 fully saturated rings. The van der Waals surface area contributed by atoms with Crippen LogP contribution in [-0.4, -0.2) is 5.78 Å². The monoisotopic (exact) mass is 359 g/mol. The van der Waals surface area contributed by atoms with Gasteiger partial charge < -0.3 is 5.32 Å². The third-order valence-corrected chi connectivity index (χ3v) is 3.53. The zero-order valence-corrected chi connectivity index (χ0v) is 13.6. The topological polar surface area (TPSA) is 29.1 Å². The molecule has 0 bridgehead atoms. The molecule has 0 heterocycles. The van der Waals surface area contributed by atoms with Gasteiger partial charge in [-0.1, -0.05) is 46.4 Å². The molecule has 1 N–H and O–H groups in total. The molecular weight excluding hydrogens is 352 g/mol. The van der Waals surface area contributed by atoms with Crippen molar-refractivity contribution in [3.8, 4) is 0 Å². The van der Waals surface area contributed by atoms with Gasteiger partial charge in [-0.05, 0) is 36.4 Å². The zero-order chi connectivity index (χ0) is 15.4. The predicted octanol–water partition coefficient (Wildman–Crippen LogP) is 6.11. The summed E-state index contributed by atoms with van der Waals surface area (Å²) in [4.78, 5) is 12.0. The number of rotatable bonds is 4. The zero-order valence-electron chi connectivity index (χ0n) is 10.5. The second-order valence-corrected chi connectivity index (χ2v) is 5.84. The van der Waals surface area contributed by atoms with E-state index in [2.05, 4.69) is 5.32 Å². The minimum atomic E-state index is -0.239. The molecule has 108 valence electrons. The van der Waals surface area contributed by atoms with Crippen LogP contribution in [-0.2, 0) is 0 Å². The summed E-state index contributed by atoms with van der Waals surface area (Å²) in [5.74, 6) is -0.239. The first-order valence-electron chi connectivity index (χ1n) is 5.84. The Morgan fingerprint density at radius 2 is 1.57 bits per heavy atom. The minimum Gasteiger partial charge on any atom is -0.361 e. The number of benzene rings is 2. The maximum Gasteiger partial charge on any atom is 0.188 e. The number of carbonyl (C=O) groups is 1. The number of ketones is 1. The molecule has 0 amide bonds. The lowest BCUT2D eigenvalue weighted by molar-refractivity contribution is 0.104. The molecule has 0 aliphatic rings. The van der Waals surface area contributed by atoms with Gasteiger partial charge in [-0.25, -0.2) is 0 Å². The summed E-state index contributed by atoms with van der Waals surface area (Å²) in [5, 5.41) is 4.72. The van der Waals surface area contributed by atoms with Gasteiger partial charge in [0.2, 0.25) is 0 Å². The van der Waals surface area contributed by atoms with Crippen molar-refractivity contribution in [1.82, 2.24) is 0 Å². The highest BCUT2D eigenvalue weighted by molar-refractivity contribution is 6.37. The fourth-order valence-corrected chi connectivity index (χ4v) is 2.66. The van der Waals surface area contributed by atoms with Gasteiger partial charge in [0.05, 0.1) is 5.02 Å². The van der Waals surface area contributed by atoms with E-state index in [1.807, 2.05) is 0 Å². The van der Waals surface area contributed by atoms with E-state index in [0.717, 1.165) is 0 Å². The first-order valence-corrected chi connectivity index (χ1v) is 7.35. The summed E-state index contributed by atoms with van der Waals surface area (Å²) in [7, 11) is 0. The Morgan fingerprint density at radius 3 is 2.19 bits per heavy atom. The van der Waals surface area contributed by atoms with Crippen LogP contribution < -0.4 is 5.32 Å². The number of anilines is 1. The van der Waals surface area contributed by atoms with Crippen LogP contribution in [0.1, 0.15) is 10.4 Å². The van der Waals surface area contributed by atoms with Crippen molar-refractivity contribution in [3.63, 3.8) is 0 Å². The highest BCUT2D eigenvalue weighted by Crippen LogP contribution is 2.23. The third kappa shape index (κ3) is 4.65. The highest BCUT2D eigenvalue weighted by atomic mass is 35.5. The van der Waals surface area contributed by atoms with E-state index in [0.29, 0.717) is 31.3 Å². The number of nitrogens with one attached hydrogen (secondary N) is 1. The van der Waals surface area contributed by atoms with Crippen LogP contribution in [0.15, 0.2) is 48.7 Å². The standard InChI is InChI=1S/C15H9Cl4NO/c16-9-1-2-13(14(19)8-9)15(21)3-4-20-12-6-10(17)5-11(18)7-12/h1-8,20H/b4-3+. The van der Waals surface area contributed by atoms with Crippen LogP contribution in [0.2, 0.25) is 20.1 Å². The van der Waals surface area contributed by atoms with E-state index in [1.54, 1.807) is 30.3 Å². The summed E-state index contributed by atoms with van der Waals surface area (Å²) in [6.07, 6.45) is 2.86. The van der Waals surface area contributed by atoms with Crippen LogP contribution >= 0.6 is 46.4 Å². The molecule has 0 atom stereocenters. The lowest BCUT2D eigenvalue weighted by atomic mass is 10.1. The molecule has 2 nitrogen and oxygen atoms in total. The summed E-state index contributed by atoms with van der Waals surface area (Å²) < 4.78 is 0. The van der Waals surface area contributed by atoms with Crippen molar-refractivity contribution < 1.29 is 4.79 Å². The maximum atomic E-state index is 12.0. The Bertz CT molecular complexity index is 693. The van der Waals surface area contributed by atoms with Crippen LogP contribution in [0.3, 0.4) is 0 Å². The van der Waals surface area contributed by atoms with Crippen LogP contribution in [0, 0.1) is 0 Å². The summed E-state index contributed by atoms with van der Waals surface area (Å²) >= 11 is 23.5. The number of carbonyl (C=O) groups excluding carboxylic acids is 1. The average Bonchev–Trinajstić information content (AvgIpc) is 2.37. The first-order chi connectivity index (χ1) is 9.95. The molecule has 2 aromatic carbocycles. The Hall–Kier alpha value is -1.19. The van der Waals surface area contributed by atoms with Crippen molar-refractivity contribution in [2.75, 3.05) is 5.32 Å². The maximum absolute atomic E-state index is 12.0. The Kier molecular flexibility index (Phi) is 5.54. The first kappa shape index (κ1) is 16.2. The number of allylic oxidation sites excluding steroid dienone is 1. The van der Waals surface area contributed by atoms with Crippen molar-refractivity contribution in [2.24, 2.45) is 0 Å². The molecule has 0 aliphatic carbocycles. The van der Waals surface area contributed by atoms with E-state index in [9.17, 15) is 4.79 Å². The van der Waals surface area contributed by atoms with Gasteiger partial charge in [-0.15, -0.1) is 0 Å². The second kappa shape index (κ2) is 7.19. The lowest BCUT2D eigenvalue weighted by Gasteiger charge is -2.03. The Morgan fingerprint density at radius 1 is 0.905 bits per heavy atom. The van der Waals surface area contributed by atoms with E-state index in [4.69, 9.17) is 46.4 Å². The van der Waals surface area contributed by atoms with E-state index in [1.165, 1.54) is 18.3 Å². The molecule has 2 rings (SSSR count). The fraction of sp³-hybridized carbons (Fsp3) is 0. The van der Waals surface area contributed by atoms with Crippen molar-refractivity contribution in [3.05, 3.63) is 74.3 Å². The molecule has 0 saturated carbocycles. The smallest absolute Gasteiger partial charge is 0.188 e. The van der Waals surface area contributed by atoms with Gasteiger partial charge in [0.1, 0.15) is 0 Å². The number of hydrogen-bond donors (Lipinski definition) is 1. The quantitative estimate of drug-likeness (QED) is 0.526. The molecular formula is C15H9Cl4NO. The van der Waals surface area contributed by atoms with Crippen molar-refractivity contribution >= 4 is 57.9 Å². The van der Waals surface area contributed by atoms with Crippen molar-refractivity contribution in [2.45, 2.75) is 0 Å². The second-order valence-electron chi connectivity index (χ2n) is 4.12. The van der Waals surface area contributed by atoms with Crippen LogP contribution in [0.4, 0.5) is 5.69 Å². The van der Waals surface area contributed by atoms with Crippen molar-refractivity contribution in [1.29, 1.82) is 0 Å². The average molecular weight is 361 g/mol. The molecule has 0 unspecified atom stereocenters. The number of hydrogen-bond acceptors (Lipinski definition) is 2. The van der Waals surface area contributed by atoms with Gasteiger partial charge in [-0.2, -0.15) is 0 Å². The Labute approximate surface area is 142 Å². The molecule has 6 heteroatoms. The lowest BCUT2D eigenvalue weighted by Crippen LogP contribution is -1.97. The normalized spacial score (nSPS) is 10.9. The van der Waals surface area contributed by atoms with E-state index < -0.39 is 0 Å². The number of halogens is 4. The van der Waals surface area contributed by atoms with Gasteiger partial charge in [-0.3, -0.25) is 4.79 Å². The molecule has 2 aromatic rings. The molecule has 21 heavy (non-hydrogen) atoms. The summed E-state index contributed by atoms with van der Waals surface area (Å²) in [6.45, 7) is 0. The van der Waals surface area contributed by atoms with E-state index >= 15 is 0 Å². The SMILES string of the molecule is O=C(/C=C/Nc1cc(Cl)cc(Cl)c1)c1ccc(Cl)cc1Cl.